The highest BCUT2D eigenvalue weighted by Gasteiger charge is 2.45. The fourth-order valence-corrected chi connectivity index (χ4v) is 8.66. The Morgan fingerprint density at radius 1 is 1.06 bits per heavy atom. The van der Waals surface area contributed by atoms with E-state index in [1.54, 1.807) is 44.3 Å². The number of imidazole rings is 1. The third-order valence-electron chi connectivity index (χ3n) is 12.0. The molecule has 4 aromatic rings. The lowest BCUT2D eigenvalue weighted by molar-refractivity contribution is -0.134. The summed E-state index contributed by atoms with van der Waals surface area (Å²) in [6.45, 7) is 4.20. The topological polar surface area (TPSA) is 177 Å². The number of rotatable bonds is 7. The fourth-order valence-electron chi connectivity index (χ4n) is 8.66. The summed E-state index contributed by atoms with van der Waals surface area (Å²) in [5.41, 5.74) is 8.95. The zero-order chi connectivity index (χ0) is 45.2. The molecule has 2 bridgehead atoms. The van der Waals surface area contributed by atoms with Gasteiger partial charge in [-0.1, -0.05) is 6.92 Å². The maximum absolute atomic E-state index is 15.7. The smallest absolute Gasteiger partial charge is 0.265 e. The van der Waals surface area contributed by atoms with Gasteiger partial charge in [0.25, 0.3) is 17.7 Å². The minimum Gasteiger partial charge on any atom is -0.477 e. The summed E-state index contributed by atoms with van der Waals surface area (Å²) >= 11 is 0. The number of aryl methyl sites for hydroxylation is 1. The molecule has 14 nitrogen and oxygen atoms in total. The fraction of sp³-hybridized carbons (Fsp3) is 0.444. The van der Waals surface area contributed by atoms with E-state index in [1.807, 2.05) is 4.57 Å². The van der Waals surface area contributed by atoms with Crippen molar-refractivity contribution in [1.29, 1.82) is 0 Å². The number of likely N-dealkylation sites (tertiary alicyclic amines) is 1. The summed E-state index contributed by atoms with van der Waals surface area (Å²) in [4.78, 5) is 67.8. The number of nitrogens with zero attached hydrogens (tertiary/aromatic N) is 6. The van der Waals surface area contributed by atoms with Crippen molar-refractivity contribution in [3.05, 3.63) is 93.9 Å². The number of ether oxygens (including phenoxy) is 1. The first kappa shape index (κ1) is 44.9. The van der Waals surface area contributed by atoms with E-state index < -0.39 is 65.1 Å². The minimum atomic E-state index is -3.17. The summed E-state index contributed by atoms with van der Waals surface area (Å²) < 4.78 is 69.5. The molecular formula is C45H51F4N9O5. The molecule has 0 spiro atoms. The summed E-state index contributed by atoms with van der Waals surface area (Å²) in [6.07, 6.45) is 2.89. The average molecular weight is 874 g/mol. The molecule has 2 aromatic heterocycles. The van der Waals surface area contributed by atoms with E-state index in [1.165, 1.54) is 23.0 Å². The van der Waals surface area contributed by atoms with E-state index in [0.717, 1.165) is 18.6 Å². The van der Waals surface area contributed by atoms with Gasteiger partial charge in [-0.2, -0.15) is 0 Å². The molecule has 63 heavy (non-hydrogen) atoms. The van der Waals surface area contributed by atoms with Crippen LogP contribution in [0, 0.1) is 30.4 Å². The Labute approximate surface area is 362 Å². The molecule has 2 fully saturated rings. The van der Waals surface area contributed by atoms with Crippen LogP contribution in [0.25, 0.3) is 16.6 Å². The highest BCUT2D eigenvalue weighted by molar-refractivity contribution is 6.19. The average Bonchev–Trinajstić information content (AvgIpc) is 3.56. The van der Waals surface area contributed by atoms with Crippen molar-refractivity contribution in [1.82, 2.24) is 29.7 Å². The SMILES string of the molecule is CN=C1OCCC[C@@H](C)Cn2c(nc3ccc(C(=O)N(C)CC4CCN(CCc5cc(F)c([C@H]6CCC(=O)NC6=O)c(F)c5)CC4(F)F)cc32)NC(=O)c2cc(C)nc(c2)C1=CN. The number of benzene rings is 2. The number of carbonyl (C=O) groups excluding carboxylic acids is 4. The zero-order valence-corrected chi connectivity index (χ0v) is 35.6. The van der Waals surface area contributed by atoms with Gasteiger partial charge in [0.2, 0.25) is 23.7 Å². The molecule has 2 saturated heterocycles. The Balaban J connectivity index is 1.03. The number of imide groups is 1. The first-order chi connectivity index (χ1) is 30.0. The standard InChI is InChI=1S/C45H51F4N9O5/c1-25-6-5-15-63-42(51-3)32(21-50)36-19-29(16-26(2)52-36)40(60)55-44-53-35-9-7-28(20-37(35)58(44)22-25)43(62)56(4)23-30-12-14-57(24-45(30,48)49)13-11-27-17-33(46)39(34(47)18-27)31-8-10-38(59)54-41(31)61/h7,9,16-21,25,30-31H,5-6,8,10-15,22-24,50H2,1-4H3,(H,53,55,60)(H,54,59,61)/t25-,30?,31-/m1/s1. The lowest BCUT2D eigenvalue weighted by Gasteiger charge is -2.39. The number of carbonyl (C=O) groups is 4. The highest BCUT2D eigenvalue weighted by Crippen LogP contribution is 2.35. The number of amides is 4. The molecule has 0 saturated carbocycles. The van der Waals surface area contributed by atoms with Gasteiger partial charge in [-0.25, -0.2) is 22.5 Å². The molecule has 334 valence electrons. The number of alkyl halides is 2. The van der Waals surface area contributed by atoms with Crippen LogP contribution < -0.4 is 16.4 Å². The molecule has 3 aliphatic rings. The van der Waals surface area contributed by atoms with Crippen molar-refractivity contribution in [3.8, 4) is 0 Å². The number of nitrogens with one attached hydrogen (secondary N) is 2. The van der Waals surface area contributed by atoms with Gasteiger partial charge in [0.15, 0.2) is 0 Å². The van der Waals surface area contributed by atoms with Crippen LogP contribution in [0.1, 0.15) is 88.2 Å². The molecule has 0 radical (unpaired) electrons. The second kappa shape index (κ2) is 18.7. The van der Waals surface area contributed by atoms with Crippen molar-refractivity contribution < 1.29 is 41.5 Å². The normalized spacial score (nSPS) is 22.5. The van der Waals surface area contributed by atoms with Crippen molar-refractivity contribution in [2.75, 3.05) is 52.2 Å². The number of aliphatic imine (C=N–C) groups is 1. The van der Waals surface area contributed by atoms with Crippen LogP contribution in [0.5, 0.6) is 0 Å². The summed E-state index contributed by atoms with van der Waals surface area (Å²) in [5.74, 6) is -8.79. The second-order valence-electron chi connectivity index (χ2n) is 16.7. The first-order valence-corrected chi connectivity index (χ1v) is 21.0. The van der Waals surface area contributed by atoms with Gasteiger partial charge in [0.05, 0.1) is 41.4 Å². The van der Waals surface area contributed by atoms with Crippen LogP contribution in [0.4, 0.5) is 23.5 Å². The monoisotopic (exact) mass is 873 g/mol. The van der Waals surface area contributed by atoms with Gasteiger partial charge in [0.1, 0.15) is 11.6 Å². The Morgan fingerprint density at radius 2 is 1.83 bits per heavy atom. The second-order valence-corrected chi connectivity index (χ2v) is 16.7. The molecule has 3 aliphatic heterocycles. The molecule has 18 heteroatoms. The third kappa shape index (κ3) is 9.90. The Hall–Kier alpha value is -6.17. The van der Waals surface area contributed by atoms with E-state index in [9.17, 15) is 19.2 Å². The van der Waals surface area contributed by atoms with Gasteiger partial charge >= 0.3 is 0 Å². The largest absolute Gasteiger partial charge is 0.477 e. The van der Waals surface area contributed by atoms with E-state index in [4.69, 9.17) is 15.5 Å². The van der Waals surface area contributed by atoms with Crippen LogP contribution in [0.15, 0.2) is 53.7 Å². The van der Waals surface area contributed by atoms with Gasteiger partial charge in [-0.15, -0.1) is 0 Å². The van der Waals surface area contributed by atoms with Crippen molar-refractivity contribution >= 4 is 52.1 Å². The number of fused-ring (bicyclic) bond motifs is 5. The number of nitrogens with two attached hydrogens (primary N) is 1. The van der Waals surface area contributed by atoms with Gasteiger partial charge in [-0.3, -0.25) is 44.7 Å². The number of anilines is 1. The lowest BCUT2D eigenvalue weighted by Crippen LogP contribution is -2.52. The van der Waals surface area contributed by atoms with Crippen LogP contribution >= 0.6 is 0 Å². The van der Waals surface area contributed by atoms with Crippen LogP contribution in [-0.2, 0) is 27.3 Å². The van der Waals surface area contributed by atoms with Crippen LogP contribution in [0.2, 0.25) is 0 Å². The number of halogens is 4. The molecule has 0 aliphatic carbocycles. The maximum atomic E-state index is 15.7. The predicted octanol–water partition coefficient (Wildman–Crippen LogP) is 5.84. The molecule has 3 atom stereocenters. The van der Waals surface area contributed by atoms with E-state index in [-0.39, 0.29) is 68.3 Å². The van der Waals surface area contributed by atoms with Crippen molar-refractivity contribution in [3.63, 3.8) is 0 Å². The molecule has 1 unspecified atom stereocenters. The van der Waals surface area contributed by atoms with Crippen LogP contribution in [0.3, 0.4) is 0 Å². The molecule has 5 heterocycles. The lowest BCUT2D eigenvalue weighted by atomic mass is 9.88. The predicted molar refractivity (Wildman–Crippen MR) is 228 cm³/mol. The number of piperidine rings is 2. The summed E-state index contributed by atoms with van der Waals surface area (Å²) in [6, 6.07) is 10.4. The quantitative estimate of drug-likeness (QED) is 0.152. The molecule has 4 amide bonds. The van der Waals surface area contributed by atoms with Crippen molar-refractivity contribution in [2.45, 2.75) is 70.8 Å². The molecular weight excluding hydrogens is 823 g/mol. The van der Waals surface area contributed by atoms with Gasteiger partial charge in [0, 0.05) is 74.7 Å². The Bertz CT molecular complexity index is 2480. The van der Waals surface area contributed by atoms with E-state index in [0.29, 0.717) is 59.0 Å². The van der Waals surface area contributed by atoms with Gasteiger partial charge in [-0.05, 0) is 99.5 Å². The van der Waals surface area contributed by atoms with Crippen LogP contribution in [-0.4, -0.2) is 107 Å². The molecule has 4 N–H and O–H groups in total. The van der Waals surface area contributed by atoms with E-state index in [2.05, 4.69) is 27.5 Å². The summed E-state index contributed by atoms with van der Waals surface area (Å²) in [5, 5.41) is 5.05. The zero-order valence-electron chi connectivity index (χ0n) is 35.6. The molecule has 2 aromatic carbocycles. The first-order valence-electron chi connectivity index (χ1n) is 21.0. The maximum Gasteiger partial charge on any atom is 0.265 e. The molecule has 7 rings (SSSR count). The Kier molecular flexibility index (Phi) is 13.3. The van der Waals surface area contributed by atoms with Gasteiger partial charge < -0.3 is 19.9 Å². The third-order valence-corrected chi connectivity index (χ3v) is 12.0. The van der Waals surface area contributed by atoms with E-state index >= 15 is 17.6 Å². The number of hydrogen-bond acceptors (Lipinski definition) is 10. The van der Waals surface area contributed by atoms with Crippen molar-refractivity contribution in [2.24, 2.45) is 22.6 Å². The number of aromatic nitrogens is 3. The summed E-state index contributed by atoms with van der Waals surface area (Å²) in [7, 11) is 3.08. The minimum absolute atomic E-state index is 0.0112. The number of hydrogen-bond donors (Lipinski definition) is 3. The highest BCUT2D eigenvalue weighted by atomic mass is 19.3. The Morgan fingerprint density at radius 3 is 2.52 bits per heavy atom. The number of pyridine rings is 1.